The van der Waals surface area contributed by atoms with Gasteiger partial charge >= 0.3 is 0 Å². The van der Waals surface area contributed by atoms with E-state index in [4.69, 9.17) is 16.8 Å². The van der Waals surface area contributed by atoms with Crippen molar-refractivity contribution in [1.29, 1.82) is 0 Å². The highest BCUT2D eigenvalue weighted by Gasteiger charge is 2.19. The summed E-state index contributed by atoms with van der Waals surface area (Å²) in [4.78, 5) is 22.6. The second-order valence-electron chi connectivity index (χ2n) is 6.56. The third-order valence-electron chi connectivity index (χ3n) is 4.63. The Bertz CT molecular complexity index is 1250. The minimum absolute atomic E-state index is 0.0769. The number of nitroso groups, excluding NO2 is 1. The lowest BCUT2D eigenvalue weighted by Gasteiger charge is -2.04. The number of rotatable bonds is 6. The van der Waals surface area contributed by atoms with Crippen LogP contribution in [-0.4, -0.2) is 35.8 Å². The van der Waals surface area contributed by atoms with E-state index in [1.165, 1.54) is 4.57 Å². The number of aromatic hydroxyl groups is 1. The van der Waals surface area contributed by atoms with Gasteiger partial charge < -0.3 is 9.67 Å². The summed E-state index contributed by atoms with van der Waals surface area (Å²) in [5.74, 6) is -0.858. The quantitative estimate of drug-likeness (QED) is 0.246. The maximum absolute atomic E-state index is 11.4. The van der Waals surface area contributed by atoms with Crippen LogP contribution in [0.15, 0.2) is 53.8 Å². The second-order valence-corrected chi connectivity index (χ2v) is 6.99. The number of carbonyl (C=O) groups excluding carboxylic acids is 1. The number of nitrogens with zero attached hydrogens (tertiary/aromatic N) is 5. The number of nitrogens with one attached hydrogen (secondary N) is 1. The molecule has 3 N–H and O–H groups in total. The van der Waals surface area contributed by atoms with Crippen molar-refractivity contribution in [3.8, 4) is 5.88 Å². The van der Waals surface area contributed by atoms with Crippen molar-refractivity contribution >= 4 is 34.1 Å². The Morgan fingerprint density at radius 1 is 1.17 bits per heavy atom. The third-order valence-corrected chi connectivity index (χ3v) is 4.87. The summed E-state index contributed by atoms with van der Waals surface area (Å²) in [6.07, 6.45) is 1.71. The Hall–Kier alpha value is -3.76. The highest BCUT2D eigenvalue weighted by molar-refractivity contribution is 6.31. The molecule has 0 bridgehead atoms. The molecule has 152 valence electrons. The average molecular weight is 427 g/mol. The van der Waals surface area contributed by atoms with E-state index in [1.807, 2.05) is 0 Å². The minimum atomic E-state index is -0.589. The Kier molecular flexibility index (Phi) is 5.17. The van der Waals surface area contributed by atoms with Crippen LogP contribution in [0.2, 0.25) is 5.02 Å². The Morgan fingerprint density at radius 3 is 2.63 bits per heavy atom. The molecule has 0 unspecified atom stereocenters. The zero-order valence-corrected chi connectivity index (χ0v) is 16.1. The van der Waals surface area contributed by atoms with Crippen molar-refractivity contribution in [1.82, 2.24) is 25.0 Å². The number of hydroxylamine groups is 1. The van der Waals surface area contributed by atoms with Crippen molar-refractivity contribution in [3.63, 3.8) is 0 Å². The molecule has 0 aliphatic heterocycles. The standard InChI is InChI=1S/C19H15ClN6O4/c20-13-5-6-16-15(7-13)17(22-29)19(28)26(16)10-14-9-25(24-21-14)8-11-1-3-12(4-2-11)18(27)23-30/h1-7,9,28,30H,8,10H2,(H,23,27). The fourth-order valence-electron chi connectivity index (χ4n) is 3.21. The van der Waals surface area contributed by atoms with E-state index in [1.54, 1.807) is 58.8 Å². The van der Waals surface area contributed by atoms with Crippen molar-refractivity contribution in [2.45, 2.75) is 13.1 Å². The van der Waals surface area contributed by atoms with Crippen LogP contribution in [0.1, 0.15) is 21.6 Å². The molecule has 0 saturated carbocycles. The smallest absolute Gasteiger partial charge is 0.274 e. The summed E-state index contributed by atoms with van der Waals surface area (Å²) in [6, 6.07) is 11.6. The summed E-state index contributed by atoms with van der Waals surface area (Å²) in [7, 11) is 0. The van der Waals surface area contributed by atoms with Gasteiger partial charge in [0.05, 0.1) is 24.8 Å². The maximum Gasteiger partial charge on any atom is 0.274 e. The molecule has 4 rings (SSSR count). The molecular weight excluding hydrogens is 412 g/mol. The van der Waals surface area contributed by atoms with Crippen LogP contribution in [0, 0.1) is 4.91 Å². The van der Waals surface area contributed by atoms with Crippen LogP contribution in [0.25, 0.3) is 10.9 Å². The van der Waals surface area contributed by atoms with Crippen LogP contribution in [-0.2, 0) is 13.1 Å². The first-order valence-corrected chi connectivity index (χ1v) is 9.14. The van der Waals surface area contributed by atoms with Gasteiger partial charge in [-0.3, -0.25) is 10.0 Å². The highest BCUT2D eigenvalue weighted by atomic mass is 35.5. The van der Waals surface area contributed by atoms with Crippen LogP contribution in [0.3, 0.4) is 0 Å². The highest BCUT2D eigenvalue weighted by Crippen LogP contribution is 2.39. The first kappa shape index (κ1) is 19.6. The largest absolute Gasteiger partial charge is 0.493 e. The van der Waals surface area contributed by atoms with E-state index in [0.29, 0.717) is 33.7 Å². The number of halogens is 1. The van der Waals surface area contributed by atoms with Gasteiger partial charge in [-0.1, -0.05) is 28.9 Å². The van der Waals surface area contributed by atoms with Crippen molar-refractivity contribution in [2.24, 2.45) is 5.18 Å². The van der Waals surface area contributed by atoms with Gasteiger partial charge in [0.25, 0.3) is 5.91 Å². The molecule has 30 heavy (non-hydrogen) atoms. The topological polar surface area (TPSA) is 135 Å². The van der Waals surface area contributed by atoms with Gasteiger partial charge in [0.2, 0.25) is 5.88 Å². The van der Waals surface area contributed by atoms with Gasteiger partial charge in [-0.15, -0.1) is 10.0 Å². The fraction of sp³-hybridized carbons (Fsp3) is 0.105. The summed E-state index contributed by atoms with van der Waals surface area (Å²) in [5, 5.41) is 31.1. The first-order valence-electron chi connectivity index (χ1n) is 8.76. The Labute approximate surface area is 174 Å². The minimum Gasteiger partial charge on any atom is -0.493 e. The normalized spacial score (nSPS) is 11.0. The van der Waals surface area contributed by atoms with Crippen molar-refractivity contribution < 1.29 is 15.1 Å². The average Bonchev–Trinajstić information content (AvgIpc) is 3.29. The molecule has 0 radical (unpaired) electrons. The molecular formula is C19H15ClN6O4. The number of hydrogen-bond acceptors (Lipinski definition) is 7. The van der Waals surface area contributed by atoms with E-state index in [2.05, 4.69) is 15.5 Å². The third kappa shape index (κ3) is 3.61. The fourth-order valence-corrected chi connectivity index (χ4v) is 3.38. The van der Waals surface area contributed by atoms with Crippen LogP contribution >= 0.6 is 11.6 Å². The number of fused-ring (bicyclic) bond motifs is 1. The monoisotopic (exact) mass is 426 g/mol. The number of hydrogen-bond donors (Lipinski definition) is 3. The molecule has 2 aromatic carbocycles. The predicted octanol–water partition coefficient (Wildman–Crippen LogP) is 3.21. The van der Waals surface area contributed by atoms with Gasteiger partial charge in [-0.2, -0.15) is 0 Å². The van der Waals surface area contributed by atoms with Crippen molar-refractivity contribution in [2.75, 3.05) is 0 Å². The zero-order chi connectivity index (χ0) is 21.3. The zero-order valence-electron chi connectivity index (χ0n) is 15.4. The van der Waals surface area contributed by atoms with Gasteiger partial charge in [0, 0.05) is 16.0 Å². The predicted molar refractivity (Wildman–Crippen MR) is 108 cm³/mol. The molecule has 0 aliphatic carbocycles. The molecule has 11 heteroatoms. The van der Waals surface area contributed by atoms with E-state index in [9.17, 15) is 14.8 Å². The molecule has 1 amide bonds. The molecule has 0 fully saturated rings. The van der Waals surface area contributed by atoms with E-state index < -0.39 is 5.91 Å². The SMILES string of the molecule is O=Nc1c(O)n(Cc2cn(Cc3ccc(C(=O)NO)cc3)nn2)c2ccc(Cl)cc12. The van der Waals surface area contributed by atoms with Crippen LogP contribution in [0.5, 0.6) is 5.88 Å². The summed E-state index contributed by atoms with van der Waals surface area (Å²) in [6.45, 7) is 0.582. The summed E-state index contributed by atoms with van der Waals surface area (Å²) < 4.78 is 3.12. The van der Waals surface area contributed by atoms with Crippen molar-refractivity contribution in [3.05, 3.63) is 75.4 Å². The van der Waals surface area contributed by atoms with E-state index >= 15 is 0 Å². The molecule has 10 nitrogen and oxygen atoms in total. The molecule has 0 atom stereocenters. The van der Waals surface area contributed by atoms with Crippen LogP contribution < -0.4 is 5.48 Å². The molecule has 0 spiro atoms. The lowest BCUT2D eigenvalue weighted by atomic mass is 10.1. The number of carbonyl (C=O) groups is 1. The van der Waals surface area contributed by atoms with E-state index in [-0.39, 0.29) is 18.1 Å². The first-order chi connectivity index (χ1) is 14.5. The molecule has 0 saturated heterocycles. The lowest BCUT2D eigenvalue weighted by molar-refractivity contribution is 0.0706. The number of aromatic nitrogens is 4. The lowest BCUT2D eigenvalue weighted by Crippen LogP contribution is -2.18. The maximum atomic E-state index is 11.4. The molecule has 4 aromatic rings. The Morgan fingerprint density at radius 2 is 1.93 bits per heavy atom. The molecule has 2 heterocycles. The summed E-state index contributed by atoms with van der Waals surface area (Å²) >= 11 is 5.99. The van der Waals surface area contributed by atoms with Gasteiger partial charge in [0.15, 0.2) is 5.69 Å². The van der Waals surface area contributed by atoms with Gasteiger partial charge in [-0.05, 0) is 41.1 Å². The number of amides is 1. The van der Waals surface area contributed by atoms with E-state index in [0.717, 1.165) is 5.56 Å². The van der Waals surface area contributed by atoms with Gasteiger partial charge in [0.1, 0.15) is 5.69 Å². The number of benzene rings is 2. The summed E-state index contributed by atoms with van der Waals surface area (Å²) in [5.41, 5.74) is 3.86. The van der Waals surface area contributed by atoms with Gasteiger partial charge in [-0.25, -0.2) is 10.2 Å². The molecule has 2 aromatic heterocycles. The Balaban J connectivity index is 1.56. The molecule has 0 aliphatic rings. The second kappa shape index (κ2) is 7.93. The van der Waals surface area contributed by atoms with Crippen LogP contribution in [0.4, 0.5) is 5.69 Å².